The van der Waals surface area contributed by atoms with Crippen LogP contribution >= 0.6 is 11.6 Å². The Morgan fingerprint density at radius 2 is 1.74 bits per heavy atom. The number of rotatable bonds is 12. The number of carbonyl (C=O) groups is 2. The molecule has 17 heteroatoms. The highest BCUT2D eigenvalue weighted by molar-refractivity contribution is 7.89. The Balaban J connectivity index is 2.10. The summed E-state index contributed by atoms with van der Waals surface area (Å²) in [5.74, 6) is -4.22. The molecule has 0 aliphatic rings. The summed E-state index contributed by atoms with van der Waals surface area (Å²) in [5.41, 5.74) is 10.6. The predicted molar refractivity (Wildman–Crippen MR) is 126 cm³/mol. The summed E-state index contributed by atoms with van der Waals surface area (Å²) < 4.78 is 70.1. The van der Waals surface area contributed by atoms with E-state index in [-0.39, 0.29) is 29.1 Å². The SMILES string of the molecule is NC(N)=NOCCCOc1ccc(C[C@H](NS(=O)(=O)c2cccc(Cl)c2)C(=O)OOC(=O)C(F)(F)F)cc1. The van der Waals surface area contributed by atoms with Crippen LogP contribution in [0, 0.1) is 0 Å². The molecule has 0 aliphatic heterocycles. The van der Waals surface area contributed by atoms with Gasteiger partial charge in [0.15, 0.2) is 0 Å². The fraction of sp³-hybridized carbons (Fsp3) is 0.286. The van der Waals surface area contributed by atoms with Gasteiger partial charge < -0.3 is 21.0 Å². The van der Waals surface area contributed by atoms with E-state index in [0.717, 1.165) is 6.07 Å². The number of hydrogen-bond acceptors (Lipinski definition) is 9. The number of sulfonamides is 1. The van der Waals surface area contributed by atoms with Crippen LogP contribution in [-0.4, -0.2) is 51.7 Å². The van der Waals surface area contributed by atoms with Gasteiger partial charge in [-0.1, -0.05) is 29.8 Å². The van der Waals surface area contributed by atoms with E-state index in [4.69, 9.17) is 32.6 Å². The molecule has 0 saturated carbocycles. The second-order valence-electron chi connectivity index (χ2n) is 7.30. The zero-order valence-corrected chi connectivity index (χ0v) is 20.9. The summed E-state index contributed by atoms with van der Waals surface area (Å²) in [7, 11) is -4.41. The Hall–Kier alpha value is -3.76. The molecule has 12 nitrogen and oxygen atoms in total. The van der Waals surface area contributed by atoms with E-state index in [0.29, 0.717) is 17.7 Å². The molecule has 0 aromatic heterocycles. The normalized spacial score (nSPS) is 12.2. The van der Waals surface area contributed by atoms with Crippen LogP contribution in [0.5, 0.6) is 5.75 Å². The van der Waals surface area contributed by atoms with Gasteiger partial charge in [0.1, 0.15) is 18.4 Å². The third-order valence-corrected chi connectivity index (χ3v) is 6.01. The molecule has 2 rings (SSSR count). The van der Waals surface area contributed by atoms with Gasteiger partial charge in [-0.2, -0.15) is 17.9 Å². The molecule has 0 amide bonds. The summed E-state index contributed by atoms with van der Waals surface area (Å²) in [6.45, 7) is 0.420. The van der Waals surface area contributed by atoms with Crippen LogP contribution in [0.1, 0.15) is 12.0 Å². The van der Waals surface area contributed by atoms with Crippen LogP contribution in [0.3, 0.4) is 0 Å². The van der Waals surface area contributed by atoms with E-state index in [9.17, 15) is 31.2 Å². The molecule has 0 unspecified atom stereocenters. The standard InChI is InChI=1S/C21H22ClF3N4O8S/c22-14-3-1-4-16(12-14)38(32,33)29-17(18(30)36-37-19(31)21(23,24)25)11-13-5-7-15(8-6-13)34-9-2-10-35-28-20(26)27/h1,3-8,12,17,29H,2,9-11H2,(H4,26,27,28)/t17-/m0/s1. The van der Waals surface area contributed by atoms with Gasteiger partial charge >= 0.3 is 18.1 Å². The maximum atomic E-state index is 12.8. The lowest BCUT2D eigenvalue weighted by Gasteiger charge is -2.17. The van der Waals surface area contributed by atoms with Crippen molar-refractivity contribution in [3.63, 3.8) is 0 Å². The highest BCUT2D eigenvalue weighted by atomic mass is 35.5. The van der Waals surface area contributed by atoms with Crippen molar-refractivity contribution in [3.8, 4) is 5.75 Å². The lowest BCUT2D eigenvalue weighted by Crippen LogP contribution is -2.44. The van der Waals surface area contributed by atoms with Crippen molar-refractivity contribution in [1.29, 1.82) is 0 Å². The molecule has 0 radical (unpaired) electrons. The van der Waals surface area contributed by atoms with Gasteiger partial charge in [-0.15, -0.1) is 0 Å². The first kappa shape index (κ1) is 30.5. The molecule has 0 heterocycles. The molecule has 0 fully saturated rings. The Morgan fingerprint density at radius 1 is 1.05 bits per heavy atom. The number of nitrogens with two attached hydrogens (primary N) is 2. The van der Waals surface area contributed by atoms with Crippen molar-refractivity contribution in [2.24, 2.45) is 16.6 Å². The quantitative estimate of drug-likeness (QED) is 0.110. The van der Waals surface area contributed by atoms with Crippen molar-refractivity contribution in [1.82, 2.24) is 4.72 Å². The lowest BCUT2D eigenvalue weighted by atomic mass is 10.1. The van der Waals surface area contributed by atoms with Crippen LogP contribution in [0.25, 0.3) is 0 Å². The largest absolute Gasteiger partial charge is 0.495 e. The summed E-state index contributed by atoms with van der Waals surface area (Å²) >= 11 is 5.81. The molecule has 2 aromatic carbocycles. The van der Waals surface area contributed by atoms with Gasteiger partial charge in [0.05, 0.1) is 11.5 Å². The lowest BCUT2D eigenvalue weighted by molar-refractivity contribution is -0.286. The monoisotopic (exact) mass is 582 g/mol. The molecule has 208 valence electrons. The molecule has 1 atom stereocenters. The van der Waals surface area contributed by atoms with E-state index in [1.54, 1.807) is 0 Å². The molecule has 5 N–H and O–H groups in total. The number of carbonyl (C=O) groups excluding carboxylic acids is 2. The Kier molecular flexibility index (Phi) is 11.0. The number of benzene rings is 2. The van der Waals surface area contributed by atoms with Crippen LogP contribution in [-0.2, 0) is 40.6 Å². The average Bonchev–Trinajstić information content (AvgIpc) is 2.84. The second kappa shape index (κ2) is 13.7. The maximum absolute atomic E-state index is 12.8. The molecule has 2 aromatic rings. The number of oxime groups is 1. The topological polar surface area (TPSA) is 182 Å². The minimum absolute atomic E-state index is 0.0736. The van der Waals surface area contributed by atoms with Crippen LogP contribution < -0.4 is 20.9 Å². The van der Waals surface area contributed by atoms with E-state index in [1.807, 2.05) is 4.72 Å². The fourth-order valence-corrected chi connectivity index (χ4v) is 4.12. The van der Waals surface area contributed by atoms with Gasteiger partial charge in [0.2, 0.25) is 16.0 Å². The second-order valence-corrected chi connectivity index (χ2v) is 9.45. The Labute approximate surface area is 219 Å². The number of ether oxygens (including phenoxy) is 1. The highest BCUT2D eigenvalue weighted by Gasteiger charge is 2.43. The van der Waals surface area contributed by atoms with Crippen LogP contribution in [0.2, 0.25) is 5.02 Å². The first-order chi connectivity index (χ1) is 17.8. The minimum Gasteiger partial charge on any atom is -0.493 e. The zero-order valence-electron chi connectivity index (χ0n) is 19.3. The van der Waals surface area contributed by atoms with E-state index in [1.165, 1.54) is 42.5 Å². The first-order valence-corrected chi connectivity index (χ1v) is 12.3. The number of alkyl halides is 3. The molecule has 0 bridgehead atoms. The summed E-state index contributed by atoms with van der Waals surface area (Å²) in [6, 6.07) is 9.17. The van der Waals surface area contributed by atoms with Gasteiger partial charge in [-0.3, -0.25) is 0 Å². The molecular weight excluding hydrogens is 561 g/mol. The number of nitrogens with one attached hydrogen (secondary N) is 1. The van der Waals surface area contributed by atoms with Crippen LogP contribution in [0.4, 0.5) is 13.2 Å². The van der Waals surface area contributed by atoms with Gasteiger partial charge in [-0.05, 0) is 47.5 Å². The molecule has 0 saturated heterocycles. The van der Waals surface area contributed by atoms with E-state index < -0.39 is 40.6 Å². The predicted octanol–water partition coefficient (Wildman–Crippen LogP) is 1.77. The summed E-state index contributed by atoms with van der Waals surface area (Å²) in [6.07, 6.45) is -5.40. The summed E-state index contributed by atoms with van der Waals surface area (Å²) in [4.78, 5) is 35.3. The Morgan fingerprint density at radius 3 is 2.34 bits per heavy atom. The van der Waals surface area contributed by atoms with E-state index >= 15 is 0 Å². The van der Waals surface area contributed by atoms with Crippen molar-refractivity contribution < 1.29 is 50.5 Å². The van der Waals surface area contributed by atoms with Crippen molar-refractivity contribution >= 4 is 39.5 Å². The molecule has 0 spiro atoms. The smallest absolute Gasteiger partial charge is 0.493 e. The highest BCUT2D eigenvalue weighted by Crippen LogP contribution is 2.20. The van der Waals surface area contributed by atoms with Crippen LogP contribution in [0.15, 0.2) is 58.6 Å². The van der Waals surface area contributed by atoms with Crippen molar-refractivity contribution in [2.75, 3.05) is 13.2 Å². The minimum atomic E-state index is -5.44. The number of nitrogens with zero attached hydrogens (tertiary/aromatic N) is 1. The zero-order chi connectivity index (χ0) is 28.3. The number of halogens is 4. The first-order valence-electron chi connectivity index (χ1n) is 10.5. The number of hydrogen-bond donors (Lipinski definition) is 3. The Bertz CT molecular complexity index is 1240. The maximum Gasteiger partial charge on any atom is 0.495 e. The van der Waals surface area contributed by atoms with E-state index in [2.05, 4.69) is 14.9 Å². The molecular formula is C21H22ClF3N4O8S. The third kappa shape index (κ3) is 10.3. The average molecular weight is 583 g/mol. The van der Waals surface area contributed by atoms with Gasteiger partial charge in [0, 0.05) is 11.4 Å². The van der Waals surface area contributed by atoms with Crippen molar-refractivity contribution in [3.05, 3.63) is 59.1 Å². The van der Waals surface area contributed by atoms with Crippen molar-refractivity contribution in [2.45, 2.75) is 30.0 Å². The third-order valence-electron chi connectivity index (χ3n) is 4.30. The van der Waals surface area contributed by atoms with Gasteiger partial charge in [-0.25, -0.2) is 27.8 Å². The molecule has 38 heavy (non-hydrogen) atoms. The molecule has 0 aliphatic carbocycles. The van der Waals surface area contributed by atoms with Gasteiger partial charge in [0.25, 0.3) is 0 Å². The summed E-state index contributed by atoms with van der Waals surface area (Å²) in [5, 5.41) is 3.42. The fourth-order valence-electron chi connectivity index (χ4n) is 2.64. The number of guanidine groups is 1.